The van der Waals surface area contributed by atoms with Crippen molar-refractivity contribution in [1.82, 2.24) is 19.5 Å². The van der Waals surface area contributed by atoms with Crippen molar-refractivity contribution in [2.75, 3.05) is 11.9 Å². The molecule has 0 radical (unpaired) electrons. The number of ether oxygens (including phenoxy) is 1. The number of benzene rings is 1. The summed E-state index contributed by atoms with van der Waals surface area (Å²) in [6.45, 7) is -0.726. The van der Waals surface area contributed by atoms with E-state index in [9.17, 15) is 29.1 Å². The number of aromatic hydroxyl groups is 1. The van der Waals surface area contributed by atoms with Gasteiger partial charge in [0.25, 0.3) is 5.91 Å². The number of nitrogens with one attached hydrogen (secondary N) is 1. The molecule has 14 nitrogen and oxygen atoms in total. The first-order chi connectivity index (χ1) is 15.5. The number of aromatic nitrogens is 4. The summed E-state index contributed by atoms with van der Waals surface area (Å²) in [5.41, 5.74) is -0.557. The molecule has 1 fully saturated rings. The van der Waals surface area contributed by atoms with E-state index in [0.29, 0.717) is 0 Å². The van der Waals surface area contributed by atoms with Gasteiger partial charge in [-0.25, -0.2) is 13.9 Å². The van der Waals surface area contributed by atoms with Crippen molar-refractivity contribution in [3.8, 4) is 5.88 Å². The Morgan fingerprint density at radius 2 is 1.97 bits per heavy atom. The number of aliphatic hydroxyl groups excluding tert-OH is 2. The number of hydrogen-bond acceptors (Lipinski definition) is 10. The number of phosphoric ester groups is 1. The van der Waals surface area contributed by atoms with Gasteiger partial charge in [0.1, 0.15) is 24.1 Å². The van der Waals surface area contributed by atoms with Gasteiger partial charge in [0.15, 0.2) is 17.4 Å². The number of nitrogens with zero attached hydrogens (tertiary/aromatic N) is 4. The lowest BCUT2D eigenvalue weighted by Gasteiger charge is -2.17. The highest BCUT2D eigenvalue weighted by Gasteiger charge is 2.45. The molecule has 1 saturated heterocycles. The van der Waals surface area contributed by atoms with Gasteiger partial charge in [-0.1, -0.05) is 12.1 Å². The molecule has 0 unspecified atom stereocenters. The summed E-state index contributed by atoms with van der Waals surface area (Å²) in [5, 5.41) is 32.9. The highest BCUT2D eigenvalue weighted by Crippen LogP contribution is 2.39. The van der Waals surface area contributed by atoms with E-state index in [0.717, 1.165) is 17.0 Å². The average molecular weight is 485 g/mol. The number of hydrogen-bond donors (Lipinski definition) is 6. The van der Waals surface area contributed by atoms with Crippen LogP contribution in [-0.4, -0.2) is 75.5 Å². The summed E-state index contributed by atoms with van der Waals surface area (Å²) in [4.78, 5) is 41.7. The summed E-state index contributed by atoms with van der Waals surface area (Å²) in [5.74, 6) is -2.73. The second kappa shape index (κ2) is 8.72. The molecule has 0 saturated carbocycles. The van der Waals surface area contributed by atoms with Gasteiger partial charge in [0.05, 0.1) is 18.5 Å². The minimum Gasteiger partial charge on any atom is -0.492 e. The highest BCUT2D eigenvalue weighted by atomic mass is 31.2. The first-order valence-corrected chi connectivity index (χ1v) is 10.8. The molecule has 0 bridgehead atoms. The van der Waals surface area contributed by atoms with Crippen LogP contribution in [0, 0.1) is 5.82 Å². The van der Waals surface area contributed by atoms with Gasteiger partial charge in [-0.15, -0.1) is 0 Å². The lowest BCUT2D eigenvalue weighted by atomic mass is 10.1. The maximum absolute atomic E-state index is 13.9. The second-order valence-electron chi connectivity index (χ2n) is 6.96. The van der Waals surface area contributed by atoms with Crippen molar-refractivity contribution in [3.63, 3.8) is 0 Å². The Balaban J connectivity index is 1.62. The number of halogens is 1. The van der Waals surface area contributed by atoms with Gasteiger partial charge >= 0.3 is 7.82 Å². The van der Waals surface area contributed by atoms with Crippen LogP contribution < -0.4 is 5.32 Å². The summed E-state index contributed by atoms with van der Waals surface area (Å²) in [6, 6.07) is 5.17. The molecule has 1 amide bonds. The van der Waals surface area contributed by atoms with Gasteiger partial charge in [0.2, 0.25) is 11.8 Å². The Hall–Kier alpha value is -3.04. The van der Waals surface area contributed by atoms with Gasteiger partial charge in [-0.2, -0.15) is 9.97 Å². The molecule has 16 heteroatoms. The van der Waals surface area contributed by atoms with Crippen molar-refractivity contribution >= 4 is 30.8 Å². The summed E-state index contributed by atoms with van der Waals surface area (Å²) in [6.07, 6.45) is -4.74. The largest absolute Gasteiger partial charge is 0.492 e. The van der Waals surface area contributed by atoms with E-state index in [4.69, 9.17) is 14.5 Å². The first kappa shape index (κ1) is 23.1. The van der Waals surface area contributed by atoms with Gasteiger partial charge in [-0.05, 0) is 12.1 Å². The highest BCUT2D eigenvalue weighted by molar-refractivity contribution is 7.46. The molecule has 33 heavy (non-hydrogen) atoms. The predicted molar refractivity (Wildman–Crippen MR) is 105 cm³/mol. The molecular weight excluding hydrogens is 468 g/mol. The van der Waals surface area contributed by atoms with Gasteiger partial charge < -0.3 is 29.8 Å². The Morgan fingerprint density at radius 1 is 1.24 bits per heavy atom. The predicted octanol–water partition coefficient (Wildman–Crippen LogP) is -0.348. The minimum absolute atomic E-state index is 0.126. The van der Waals surface area contributed by atoms with E-state index < -0.39 is 62.5 Å². The van der Waals surface area contributed by atoms with Crippen molar-refractivity contribution < 1.29 is 48.1 Å². The average Bonchev–Trinajstić information content (AvgIpc) is 3.28. The molecule has 2 aromatic heterocycles. The smallest absolute Gasteiger partial charge is 0.469 e. The van der Waals surface area contributed by atoms with Crippen LogP contribution in [0.3, 0.4) is 0 Å². The summed E-state index contributed by atoms with van der Waals surface area (Å²) < 4.78 is 35.6. The zero-order chi connectivity index (χ0) is 23.9. The van der Waals surface area contributed by atoms with Gasteiger partial charge in [-0.3, -0.25) is 19.2 Å². The Labute approximate surface area is 183 Å². The number of anilines is 1. The van der Waals surface area contributed by atoms with Crippen LogP contribution in [0.5, 0.6) is 5.88 Å². The molecule has 3 heterocycles. The second-order valence-corrected chi connectivity index (χ2v) is 8.20. The molecule has 176 valence electrons. The van der Waals surface area contributed by atoms with E-state index in [2.05, 4.69) is 24.8 Å². The maximum Gasteiger partial charge on any atom is 0.469 e. The Morgan fingerprint density at radius 3 is 2.67 bits per heavy atom. The number of carbonyl (C=O) groups excluding carboxylic acids is 1. The third-order valence-corrected chi connectivity index (χ3v) is 5.25. The normalized spacial score (nSPS) is 23.2. The van der Waals surface area contributed by atoms with Crippen molar-refractivity contribution in [2.24, 2.45) is 0 Å². The molecule has 6 N–H and O–H groups in total. The topological polar surface area (TPSA) is 209 Å². The van der Waals surface area contributed by atoms with Crippen LogP contribution >= 0.6 is 7.82 Å². The molecule has 1 aromatic carbocycles. The quantitative estimate of drug-likeness (QED) is 0.248. The van der Waals surface area contributed by atoms with Gasteiger partial charge in [0, 0.05) is 0 Å². The number of fused-ring (bicyclic) bond motifs is 1. The number of amides is 1. The van der Waals surface area contributed by atoms with Crippen molar-refractivity contribution in [1.29, 1.82) is 0 Å². The fourth-order valence-corrected chi connectivity index (χ4v) is 3.57. The fraction of sp³-hybridized carbons (Fsp3) is 0.294. The zero-order valence-electron chi connectivity index (χ0n) is 16.4. The minimum atomic E-state index is -4.85. The Kier molecular flexibility index (Phi) is 6.11. The van der Waals surface area contributed by atoms with Crippen LogP contribution in [0.1, 0.15) is 16.6 Å². The van der Waals surface area contributed by atoms with Crippen LogP contribution in [-0.2, 0) is 13.8 Å². The fourth-order valence-electron chi connectivity index (χ4n) is 3.23. The van der Waals surface area contributed by atoms with Crippen LogP contribution in [0.4, 0.5) is 10.3 Å². The number of aliphatic hydroxyl groups is 2. The monoisotopic (exact) mass is 485 g/mol. The molecule has 0 spiro atoms. The number of phosphoric acid groups is 1. The molecule has 4 rings (SSSR count). The van der Waals surface area contributed by atoms with E-state index in [1.54, 1.807) is 0 Å². The third kappa shape index (κ3) is 4.69. The Bertz CT molecular complexity index is 1250. The zero-order valence-corrected chi connectivity index (χ0v) is 17.3. The number of carbonyl (C=O) groups is 1. The molecular formula is C17H17FN5O9P. The number of imidazole rings is 1. The molecule has 1 aliphatic rings. The lowest BCUT2D eigenvalue weighted by Crippen LogP contribution is -2.33. The molecule has 4 atom stereocenters. The van der Waals surface area contributed by atoms with Crippen molar-refractivity contribution in [2.45, 2.75) is 24.5 Å². The molecule has 3 aromatic rings. The van der Waals surface area contributed by atoms with E-state index >= 15 is 0 Å². The lowest BCUT2D eigenvalue weighted by molar-refractivity contribution is -0.0503. The van der Waals surface area contributed by atoms with Crippen LogP contribution in [0.2, 0.25) is 0 Å². The molecule has 1 aliphatic heterocycles. The molecule has 0 aliphatic carbocycles. The SMILES string of the molecule is O=C(Nc1nc(O)c2ncn([C@@H]3O[C@H](COP(=O)(O)O)[C@@H](O)[C@H]3O)c2n1)c1ccccc1F. The number of rotatable bonds is 6. The van der Waals surface area contributed by atoms with Crippen molar-refractivity contribution in [3.05, 3.63) is 42.0 Å². The third-order valence-electron chi connectivity index (χ3n) is 4.77. The van der Waals surface area contributed by atoms with E-state index in [1.807, 2.05) is 0 Å². The van der Waals surface area contributed by atoms with E-state index in [1.165, 1.54) is 18.2 Å². The van der Waals surface area contributed by atoms with Crippen LogP contribution in [0.25, 0.3) is 11.2 Å². The standard InChI is InChI=1S/C17H17FN5O9P/c18-8-4-2-1-3-7(8)14(26)21-17-20-13-10(15(27)22-17)19-6-23(13)16-12(25)11(24)9(32-16)5-31-33(28,29)30/h1-4,6,9,11-12,16,24-25H,5H2,(H2,28,29,30)(H2,20,21,22,26,27)/t9-,11-,12-,16-/m1/s1. The van der Waals surface area contributed by atoms with E-state index in [-0.39, 0.29) is 16.7 Å². The summed E-state index contributed by atoms with van der Waals surface area (Å²) in [7, 11) is -4.85. The maximum atomic E-state index is 13.9. The summed E-state index contributed by atoms with van der Waals surface area (Å²) >= 11 is 0. The van der Waals surface area contributed by atoms with Crippen LogP contribution in [0.15, 0.2) is 30.6 Å². The first-order valence-electron chi connectivity index (χ1n) is 9.26.